The van der Waals surface area contributed by atoms with Gasteiger partial charge in [0.25, 0.3) is 0 Å². The molecule has 0 bridgehead atoms. The summed E-state index contributed by atoms with van der Waals surface area (Å²) in [4.78, 5) is 2.38. The largest absolute Gasteiger partial charge is 0.488 e. The van der Waals surface area contributed by atoms with Gasteiger partial charge in [-0.3, -0.25) is 0 Å². The zero-order valence-corrected chi connectivity index (χ0v) is 29.7. The number of ether oxygens (including phenoxy) is 3. The van der Waals surface area contributed by atoms with E-state index in [2.05, 4.69) is 0 Å². The van der Waals surface area contributed by atoms with Crippen molar-refractivity contribution in [1.82, 2.24) is 0 Å². The van der Waals surface area contributed by atoms with Crippen LogP contribution in [0.3, 0.4) is 0 Å². The Labute approximate surface area is 271 Å². The monoisotopic (exact) mass is 651 g/mol. The van der Waals surface area contributed by atoms with Gasteiger partial charge in [-0.25, -0.2) is 4.55 Å². The first-order valence-electron chi connectivity index (χ1n) is 15.0. The fourth-order valence-electron chi connectivity index (χ4n) is 4.57. The molecule has 4 rings (SSSR count). The molecule has 0 aliphatic rings. The maximum atomic E-state index is 14.3. The van der Waals surface area contributed by atoms with Gasteiger partial charge in [0.2, 0.25) is 0 Å². The van der Waals surface area contributed by atoms with Crippen LogP contribution in [0.1, 0.15) is 67.9 Å². The molecule has 1 unspecified atom stereocenters. The number of benzene rings is 4. The highest BCUT2D eigenvalue weighted by Gasteiger charge is 2.46. The molecule has 0 amide bonds. The Balaban J connectivity index is 2.04. The molecule has 0 aliphatic carbocycles. The topological polar surface area (TPSA) is 76.3 Å². The smallest absolute Gasteiger partial charge is 0.454 e. The molecule has 1 N–H and O–H groups in total. The van der Waals surface area contributed by atoms with Gasteiger partial charge in [-0.05, 0) is 154 Å². The fraction of sp³-hybridized carbons (Fsp3) is 0.351. The molecule has 0 radical (unpaired) electrons. The molecule has 0 heterocycles. The van der Waals surface area contributed by atoms with Crippen LogP contribution in [0.2, 0.25) is 0 Å². The molecule has 45 heavy (non-hydrogen) atoms. The second-order valence-electron chi connectivity index (χ2n) is 14.0. The van der Waals surface area contributed by atoms with E-state index in [1.54, 1.807) is 12.1 Å². The third-order valence-corrected chi connectivity index (χ3v) is 11.5. The van der Waals surface area contributed by atoms with E-state index in [4.69, 9.17) is 17.5 Å². The number of rotatable bonds is 8. The van der Waals surface area contributed by atoms with Crippen molar-refractivity contribution in [3.05, 3.63) is 103 Å². The van der Waals surface area contributed by atoms with Crippen LogP contribution < -0.4 is 14.2 Å². The Bertz CT molecular complexity index is 1550. The van der Waals surface area contributed by atoms with E-state index in [-0.39, 0.29) is 4.90 Å². The van der Waals surface area contributed by atoms with Crippen molar-refractivity contribution >= 4 is 20.4 Å². The first-order chi connectivity index (χ1) is 20.8. The highest BCUT2D eigenvalue weighted by molar-refractivity contribution is 8.30. The zero-order valence-electron chi connectivity index (χ0n) is 28.0. The Hall–Kier alpha value is -3.46. The maximum absolute atomic E-state index is 14.3. The molecular weight excluding hydrogens is 605 g/mol. The molecule has 8 heteroatoms. The van der Waals surface area contributed by atoms with Crippen LogP contribution in [0.15, 0.2) is 117 Å². The van der Waals surface area contributed by atoms with Crippen LogP contribution in [-0.4, -0.2) is 25.6 Å². The van der Waals surface area contributed by atoms with Gasteiger partial charge in [-0.15, -0.1) is 7.49 Å². The molecule has 242 valence electrons. The summed E-state index contributed by atoms with van der Waals surface area (Å²) < 4.78 is 51.0. The average molecular weight is 652 g/mol. The summed E-state index contributed by atoms with van der Waals surface area (Å²) in [5.74, 6) is 2.06. The third-order valence-electron chi connectivity index (χ3n) is 6.25. The standard InChI is InChI=1S/C37H46O6S2/c1-27-11-19-34(20-12-27)45(38,39)43-44(31-21-13-28(14-22-31)40-35(2,3)4,32-23-15-29(16-24-32)41-36(5,6)7)33-25-17-30(18-26-33)42-37(8,9)10/h11-26H,1-10H3/p+1. The van der Waals surface area contributed by atoms with Gasteiger partial charge in [0.1, 0.15) is 38.9 Å². The minimum atomic E-state index is -4.00. The SMILES string of the molecule is Cc1ccc(S(=O)(O)=[O+]S(c2ccc(OC(C)(C)C)cc2)(c2ccc(OC(C)(C)C)cc2)c2ccc(OC(C)(C)C)cc2)cc1. The molecule has 0 saturated carbocycles. The second kappa shape index (κ2) is 12.7. The third kappa shape index (κ3) is 9.06. The summed E-state index contributed by atoms with van der Waals surface area (Å²) in [5, 5.41) is 0. The van der Waals surface area contributed by atoms with E-state index in [0.29, 0.717) is 17.2 Å². The lowest BCUT2D eigenvalue weighted by Gasteiger charge is -2.28. The quantitative estimate of drug-likeness (QED) is 0.152. The van der Waals surface area contributed by atoms with Crippen LogP contribution in [0, 0.1) is 6.92 Å². The van der Waals surface area contributed by atoms with E-state index in [1.165, 1.54) is 0 Å². The summed E-state index contributed by atoms with van der Waals surface area (Å²) in [6.07, 6.45) is 0. The Morgan fingerprint density at radius 2 is 0.756 bits per heavy atom. The molecule has 4 aromatic rings. The summed E-state index contributed by atoms with van der Waals surface area (Å²) >= 11 is 0. The summed E-state index contributed by atoms with van der Waals surface area (Å²) in [6, 6.07) is 29.7. The Morgan fingerprint density at radius 3 is 1.02 bits per heavy atom. The second-order valence-corrected chi connectivity index (χ2v) is 18.5. The predicted molar refractivity (Wildman–Crippen MR) is 184 cm³/mol. The summed E-state index contributed by atoms with van der Waals surface area (Å²) in [5.41, 5.74) is -0.193. The van der Waals surface area contributed by atoms with Crippen LogP contribution in [0.25, 0.3) is 0 Å². The van der Waals surface area contributed by atoms with Crippen molar-refractivity contribution in [2.75, 3.05) is 0 Å². The Kier molecular flexibility index (Phi) is 9.74. The molecule has 6 nitrogen and oxygen atoms in total. The molecule has 4 aromatic carbocycles. The molecular formula is C37H47O6S2+. The Morgan fingerprint density at radius 1 is 0.489 bits per heavy atom. The minimum absolute atomic E-state index is 0.193. The summed E-state index contributed by atoms with van der Waals surface area (Å²) in [7, 11) is -6.82. The molecule has 0 aliphatic heterocycles. The van der Waals surface area contributed by atoms with E-state index in [1.807, 2.05) is 154 Å². The van der Waals surface area contributed by atoms with Crippen molar-refractivity contribution in [1.29, 1.82) is 0 Å². The van der Waals surface area contributed by atoms with Gasteiger partial charge in [0, 0.05) is 0 Å². The van der Waals surface area contributed by atoms with E-state index in [9.17, 15) is 8.76 Å². The van der Waals surface area contributed by atoms with Crippen LogP contribution in [0.4, 0.5) is 0 Å². The summed E-state index contributed by atoms with van der Waals surface area (Å²) in [6.45, 7) is 19.8. The van der Waals surface area contributed by atoms with E-state index in [0.717, 1.165) is 20.2 Å². The first kappa shape index (κ1) is 34.4. The van der Waals surface area contributed by atoms with Gasteiger partial charge in [-0.1, -0.05) is 17.7 Å². The lowest BCUT2D eigenvalue weighted by Crippen LogP contribution is -2.23. The van der Waals surface area contributed by atoms with Gasteiger partial charge in [-0.2, -0.15) is 0 Å². The molecule has 0 spiro atoms. The zero-order chi connectivity index (χ0) is 33.3. The first-order valence-corrected chi connectivity index (χ1v) is 18.0. The average Bonchev–Trinajstić information content (AvgIpc) is 2.91. The van der Waals surface area contributed by atoms with E-state index >= 15 is 0 Å². The molecule has 0 fully saturated rings. The van der Waals surface area contributed by atoms with Crippen molar-refractivity contribution in [3.63, 3.8) is 0 Å². The van der Waals surface area contributed by atoms with E-state index < -0.39 is 37.2 Å². The lowest BCUT2D eigenvalue weighted by molar-refractivity contribution is 0.130. The maximum Gasteiger partial charge on any atom is 0.454 e. The van der Waals surface area contributed by atoms with Crippen molar-refractivity contribution in [2.45, 2.75) is 106 Å². The van der Waals surface area contributed by atoms with Crippen molar-refractivity contribution in [3.8, 4) is 17.2 Å². The number of hydrogen-bond acceptors (Lipinski definition) is 4. The fourth-order valence-corrected chi connectivity index (χ4v) is 9.79. The normalized spacial score (nSPS) is 14.3. The van der Waals surface area contributed by atoms with Crippen LogP contribution in [-0.2, 0) is 13.4 Å². The van der Waals surface area contributed by atoms with Gasteiger partial charge >= 0.3 is 10.1 Å². The minimum Gasteiger partial charge on any atom is -0.488 e. The van der Waals surface area contributed by atoms with Gasteiger partial charge in [0.05, 0.1) is 14.7 Å². The van der Waals surface area contributed by atoms with Crippen LogP contribution >= 0.6 is 10.3 Å². The molecule has 0 saturated heterocycles. The van der Waals surface area contributed by atoms with Gasteiger partial charge < -0.3 is 14.2 Å². The molecule has 1 atom stereocenters. The molecule has 0 aromatic heterocycles. The number of aryl methyl sites for hydroxylation is 1. The van der Waals surface area contributed by atoms with Gasteiger partial charge in [0.15, 0.2) is 10.3 Å². The highest BCUT2D eigenvalue weighted by atomic mass is 32.3. The highest BCUT2D eigenvalue weighted by Crippen LogP contribution is 2.68. The van der Waals surface area contributed by atoms with Crippen LogP contribution in [0.5, 0.6) is 17.2 Å². The lowest BCUT2D eigenvalue weighted by atomic mass is 10.2. The number of hydrogen-bond donors (Lipinski definition) is 1. The predicted octanol–water partition coefficient (Wildman–Crippen LogP) is 10.4. The van der Waals surface area contributed by atoms with Crippen molar-refractivity contribution in [2.24, 2.45) is 0 Å². The van der Waals surface area contributed by atoms with Crippen molar-refractivity contribution < 1.29 is 26.3 Å².